The monoisotopic (exact) mass is 286 g/mol. The quantitative estimate of drug-likeness (QED) is 0.723. The van der Waals surface area contributed by atoms with Gasteiger partial charge in [-0.05, 0) is 37.5 Å². The highest BCUT2D eigenvalue weighted by Crippen LogP contribution is 2.43. The molecular formula is C15H30N2O3. The standard InChI is InChI=1S/C15H30N2O3/c1-11-6-14(3,4)9-15(7-11,10-18)17-13(19)16-12(2)8-20-5/h11-12,18H,6-10H2,1-5H3,(H2,16,17,19)/t11-,12-,15-/m0/s1. The van der Waals surface area contributed by atoms with E-state index in [1.54, 1.807) is 7.11 Å². The fraction of sp³-hybridized carbons (Fsp3) is 0.933. The van der Waals surface area contributed by atoms with E-state index in [9.17, 15) is 9.90 Å². The number of aliphatic hydroxyl groups is 1. The van der Waals surface area contributed by atoms with Gasteiger partial charge in [0.25, 0.3) is 0 Å². The van der Waals surface area contributed by atoms with Crippen molar-refractivity contribution in [2.45, 2.75) is 58.5 Å². The van der Waals surface area contributed by atoms with Gasteiger partial charge in [-0.1, -0.05) is 20.8 Å². The number of hydrogen-bond acceptors (Lipinski definition) is 3. The normalized spacial score (nSPS) is 30.6. The maximum Gasteiger partial charge on any atom is 0.315 e. The molecule has 0 aromatic heterocycles. The Morgan fingerprint density at radius 3 is 2.60 bits per heavy atom. The predicted molar refractivity (Wildman–Crippen MR) is 79.6 cm³/mol. The van der Waals surface area contributed by atoms with Gasteiger partial charge in [-0.3, -0.25) is 0 Å². The Kier molecular flexibility index (Phi) is 5.83. The molecule has 1 aliphatic carbocycles. The zero-order valence-electron chi connectivity index (χ0n) is 13.5. The van der Waals surface area contributed by atoms with Crippen LogP contribution < -0.4 is 10.6 Å². The Bertz CT molecular complexity index is 333. The lowest BCUT2D eigenvalue weighted by Gasteiger charge is -2.47. The van der Waals surface area contributed by atoms with Crippen LogP contribution in [0.4, 0.5) is 4.79 Å². The van der Waals surface area contributed by atoms with Crippen LogP contribution in [0.5, 0.6) is 0 Å². The average molecular weight is 286 g/mol. The number of carbonyl (C=O) groups excluding carboxylic acids is 1. The Hall–Kier alpha value is -0.810. The smallest absolute Gasteiger partial charge is 0.315 e. The highest BCUT2D eigenvalue weighted by molar-refractivity contribution is 5.75. The molecule has 1 fully saturated rings. The third kappa shape index (κ3) is 4.94. The summed E-state index contributed by atoms with van der Waals surface area (Å²) < 4.78 is 5.00. The molecule has 3 atom stereocenters. The fourth-order valence-corrected chi connectivity index (χ4v) is 3.79. The zero-order chi connectivity index (χ0) is 15.4. The van der Waals surface area contributed by atoms with Crippen LogP contribution in [-0.4, -0.2) is 43.0 Å². The molecule has 5 nitrogen and oxygen atoms in total. The highest BCUT2D eigenvalue weighted by Gasteiger charge is 2.43. The summed E-state index contributed by atoms with van der Waals surface area (Å²) in [7, 11) is 1.61. The SMILES string of the molecule is COC[C@H](C)NC(=O)N[C@@]1(CO)C[C@@H](C)CC(C)(C)C1. The molecule has 0 aromatic carbocycles. The second-order valence-electron chi connectivity index (χ2n) is 7.25. The molecule has 0 aromatic rings. The Balaban J connectivity index is 2.67. The molecule has 0 bridgehead atoms. The molecule has 0 radical (unpaired) electrons. The van der Waals surface area contributed by atoms with E-state index in [4.69, 9.17) is 4.74 Å². The summed E-state index contributed by atoms with van der Waals surface area (Å²) >= 11 is 0. The second kappa shape index (κ2) is 6.76. The van der Waals surface area contributed by atoms with Crippen molar-refractivity contribution in [2.24, 2.45) is 11.3 Å². The minimum Gasteiger partial charge on any atom is -0.394 e. The Morgan fingerprint density at radius 1 is 1.45 bits per heavy atom. The van der Waals surface area contributed by atoms with Crippen molar-refractivity contribution in [3.63, 3.8) is 0 Å². The first kappa shape index (κ1) is 17.2. The molecule has 3 N–H and O–H groups in total. The molecular weight excluding hydrogens is 256 g/mol. The molecule has 20 heavy (non-hydrogen) atoms. The number of urea groups is 1. The van der Waals surface area contributed by atoms with Crippen molar-refractivity contribution in [3.8, 4) is 0 Å². The lowest BCUT2D eigenvalue weighted by Crippen LogP contribution is -2.60. The third-order valence-electron chi connectivity index (χ3n) is 3.93. The first-order valence-corrected chi connectivity index (χ1v) is 7.40. The van der Waals surface area contributed by atoms with Crippen LogP contribution in [0.15, 0.2) is 0 Å². The Labute approximate surface area is 122 Å². The molecule has 118 valence electrons. The van der Waals surface area contributed by atoms with E-state index in [0.717, 1.165) is 19.3 Å². The average Bonchev–Trinajstić information content (AvgIpc) is 2.25. The van der Waals surface area contributed by atoms with Crippen molar-refractivity contribution in [1.29, 1.82) is 0 Å². The van der Waals surface area contributed by atoms with Crippen molar-refractivity contribution in [1.82, 2.24) is 10.6 Å². The van der Waals surface area contributed by atoms with Gasteiger partial charge in [-0.2, -0.15) is 0 Å². The van der Waals surface area contributed by atoms with Crippen LogP contribution in [0.1, 0.15) is 47.0 Å². The van der Waals surface area contributed by atoms with Gasteiger partial charge >= 0.3 is 6.03 Å². The topological polar surface area (TPSA) is 70.6 Å². The van der Waals surface area contributed by atoms with Gasteiger partial charge in [-0.15, -0.1) is 0 Å². The Morgan fingerprint density at radius 2 is 2.10 bits per heavy atom. The summed E-state index contributed by atoms with van der Waals surface area (Å²) in [5.41, 5.74) is -0.385. The molecule has 5 heteroatoms. The number of rotatable bonds is 5. The zero-order valence-corrected chi connectivity index (χ0v) is 13.5. The molecule has 0 saturated heterocycles. The lowest BCUT2D eigenvalue weighted by atomic mass is 9.64. The molecule has 1 aliphatic rings. The maximum atomic E-state index is 12.1. The van der Waals surface area contributed by atoms with E-state index >= 15 is 0 Å². The summed E-state index contributed by atoms with van der Waals surface area (Å²) in [5.74, 6) is 0.489. The van der Waals surface area contributed by atoms with Crippen LogP contribution in [-0.2, 0) is 4.74 Å². The highest BCUT2D eigenvalue weighted by atomic mass is 16.5. The van der Waals surface area contributed by atoms with Gasteiger partial charge < -0.3 is 20.5 Å². The van der Waals surface area contributed by atoms with Gasteiger partial charge in [0.1, 0.15) is 0 Å². The first-order valence-electron chi connectivity index (χ1n) is 7.40. The maximum absolute atomic E-state index is 12.1. The lowest BCUT2D eigenvalue weighted by molar-refractivity contribution is 0.0427. The second-order valence-corrected chi connectivity index (χ2v) is 7.25. The molecule has 2 amide bonds. The van der Waals surface area contributed by atoms with Gasteiger partial charge in [-0.25, -0.2) is 4.79 Å². The van der Waals surface area contributed by atoms with Crippen LogP contribution >= 0.6 is 0 Å². The van der Waals surface area contributed by atoms with Crippen LogP contribution in [0.3, 0.4) is 0 Å². The van der Waals surface area contributed by atoms with E-state index in [0.29, 0.717) is 12.5 Å². The van der Waals surface area contributed by atoms with E-state index in [1.165, 1.54) is 0 Å². The van der Waals surface area contributed by atoms with E-state index in [2.05, 4.69) is 31.4 Å². The van der Waals surface area contributed by atoms with Crippen molar-refractivity contribution in [2.75, 3.05) is 20.3 Å². The number of methoxy groups -OCH3 is 1. The van der Waals surface area contributed by atoms with E-state index < -0.39 is 5.54 Å². The molecule has 0 aliphatic heterocycles. The predicted octanol–water partition coefficient (Wildman–Crippen LogP) is 1.90. The summed E-state index contributed by atoms with van der Waals surface area (Å²) in [5, 5.41) is 15.7. The number of hydrogen-bond donors (Lipinski definition) is 3. The summed E-state index contributed by atoms with van der Waals surface area (Å²) in [4.78, 5) is 12.1. The van der Waals surface area contributed by atoms with E-state index in [1.807, 2.05) is 6.92 Å². The minimum absolute atomic E-state index is 0.0210. The third-order valence-corrected chi connectivity index (χ3v) is 3.93. The minimum atomic E-state index is -0.516. The first-order chi connectivity index (χ1) is 9.22. The van der Waals surface area contributed by atoms with Crippen LogP contribution in [0.25, 0.3) is 0 Å². The van der Waals surface area contributed by atoms with Gasteiger partial charge in [0, 0.05) is 7.11 Å². The molecule has 0 heterocycles. The van der Waals surface area contributed by atoms with Crippen molar-refractivity contribution < 1.29 is 14.6 Å². The van der Waals surface area contributed by atoms with Crippen molar-refractivity contribution in [3.05, 3.63) is 0 Å². The molecule has 1 saturated carbocycles. The molecule has 1 rings (SSSR count). The van der Waals surface area contributed by atoms with Gasteiger partial charge in [0.05, 0.1) is 24.8 Å². The summed E-state index contributed by atoms with van der Waals surface area (Å²) in [6.07, 6.45) is 2.74. The van der Waals surface area contributed by atoms with Gasteiger partial charge in [0.2, 0.25) is 0 Å². The van der Waals surface area contributed by atoms with Crippen LogP contribution in [0.2, 0.25) is 0 Å². The van der Waals surface area contributed by atoms with Gasteiger partial charge in [0.15, 0.2) is 0 Å². The summed E-state index contributed by atoms with van der Waals surface area (Å²) in [6, 6.07) is -0.279. The number of amides is 2. The number of ether oxygens (including phenoxy) is 1. The molecule has 0 spiro atoms. The fourth-order valence-electron chi connectivity index (χ4n) is 3.79. The largest absolute Gasteiger partial charge is 0.394 e. The number of carbonyl (C=O) groups is 1. The van der Waals surface area contributed by atoms with Crippen LogP contribution in [0, 0.1) is 11.3 Å². The molecule has 0 unspecified atom stereocenters. The van der Waals surface area contributed by atoms with E-state index in [-0.39, 0.29) is 24.1 Å². The summed E-state index contributed by atoms with van der Waals surface area (Å²) in [6.45, 7) is 8.91. The number of aliphatic hydroxyl groups excluding tert-OH is 1. The van der Waals surface area contributed by atoms with Crippen molar-refractivity contribution >= 4 is 6.03 Å². The number of nitrogens with one attached hydrogen (secondary N) is 2.